The highest BCUT2D eigenvalue weighted by atomic mass is 19.1. The van der Waals surface area contributed by atoms with Gasteiger partial charge in [-0.05, 0) is 90.1 Å². The van der Waals surface area contributed by atoms with Gasteiger partial charge < -0.3 is 14.6 Å². The molecule has 0 saturated heterocycles. The van der Waals surface area contributed by atoms with Gasteiger partial charge in [0, 0.05) is 17.2 Å². The first-order chi connectivity index (χ1) is 22.2. The van der Waals surface area contributed by atoms with E-state index in [1.54, 1.807) is 19.2 Å². The van der Waals surface area contributed by atoms with Gasteiger partial charge >= 0.3 is 5.97 Å². The number of methoxy groups -OCH3 is 1. The molecule has 0 aliphatic heterocycles. The van der Waals surface area contributed by atoms with Crippen LogP contribution in [0.3, 0.4) is 0 Å². The zero-order valence-corrected chi connectivity index (χ0v) is 27.5. The molecule has 5 rings (SSSR count). The smallest absolute Gasteiger partial charge is 0.303 e. The molecule has 1 aliphatic rings. The van der Waals surface area contributed by atoms with Gasteiger partial charge in [-0.25, -0.2) is 4.39 Å². The largest absolute Gasteiger partial charge is 0.497 e. The van der Waals surface area contributed by atoms with Crippen LogP contribution >= 0.6 is 0 Å². The van der Waals surface area contributed by atoms with Crippen LogP contribution < -0.4 is 9.47 Å². The first-order valence-corrected chi connectivity index (χ1v) is 16.5. The molecule has 1 atom stereocenters. The Bertz CT molecular complexity index is 1630. The number of nitrogens with zero attached hydrogens (tertiary/aromatic N) is 3. The van der Waals surface area contributed by atoms with Crippen molar-refractivity contribution in [2.45, 2.75) is 96.6 Å². The Morgan fingerprint density at radius 2 is 1.87 bits per heavy atom. The van der Waals surface area contributed by atoms with Crippen LogP contribution in [0.1, 0.15) is 94.0 Å². The summed E-state index contributed by atoms with van der Waals surface area (Å²) < 4.78 is 28.9. The highest BCUT2D eigenvalue weighted by Gasteiger charge is 2.34. The Morgan fingerprint density at radius 3 is 2.61 bits per heavy atom. The van der Waals surface area contributed by atoms with E-state index in [0.29, 0.717) is 36.1 Å². The maximum atomic E-state index is 15.3. The highest BCUT2D eigenvalue weighted by Crippen LogP contribution is 2.45. The summed E-state index contributed by atoms with van der Waals surface area (Å²) in [5.74, 6) is 0.609. The number of hydrogen-bond donors (Lipinski definition) is 1. The maximum Gasteiger partial charge on any atom is 0.303 e. The van der Waals surface area contributed by atoms with Crippen molar-refractivity contribution in [3.63, 3.8) is 0 Å². The third-order valence-corrected chi connectivity index (χ3v) is 8.98. The average Bonchev–Trinajstić information content (AvgIpc) is 3.80. The number of unbranched alkanes of at least 4 members (excludes halogenated alkanes) is 3. The third kappa shape index (κ3) is 8.53. The van der Waals surface area contributed by atoms with Crippen molar-refractivity contribution in [2.24, 2.45) is 5.92 Å². The maximum absolute atomic E-state index is 15.3. The summed E-state index contributed by atoms with van der Waals surface area (Å²) in [4.78, 5) is 11.5. The van der Waals surface area contributed by atoms with Gasteiger partial charge in [-0.15, -0.1) is 5.10 Å². The fourth-order valence-electron chi connectivity index (χ4n) is 6.31. The van der Waals surface area contributed by atoms with Crippen LogP contribution in [0.5, 0.6) is 11.5 Å². The molecule has 4 aromatic rings. The number of aryl methyl sites for hydroxylation is 1. The molecule has 7 nitrogen and oxygen atoms in total. The van der Waals surface area contributed by atoms with Crippen molar-refractivity contribution < 1.29 is 23.8 Å². The molecule has 0 spiro atoms. The number of aromatic nitrogens is 3. The lowest BCUT2D eigenvalue weighted by molar-refractivity contribution is -0.137. The van der Waals surface area contributed by atoms with Gasteiger partial charge in [0.05, 0.1) is 25.8 Å². The molecule has 8 heteroatoms. The fraction of sp³-hybridized carbons (Fsp3) is 0.447. The molecule has 1 aliphatic carbocycles. The summed E-state index contributed by atoms with van der Waals surface area (Å²) in [6, 6.07) is 18.6. The molecule has 1 N–H and O–H groups in total. The number of aliphatic carboxylic acids is 1. The summed E-state index contributed by atoms with van der Waals surface area (Å²) in [5.41, 5.74) is 4.72. The Balaban J connectivity index is 1.41. The van der Waals surface area contributed by atoms with Gasteiger partial charge in [0.2, 0.25) is 0 Å². The minimum atomic E-state index is -0.778. The molecule has 1 saturated carbocycles. The number of ether oxygens (including phenoxy) is 2. The molecular weight excluding hydrogens is 581 g/mol. The lowest BCUT2D eigenvalue weighted by Gasteiger charge is -2.29. The molecule has 1 heterocycles. The van der Waals surface area contributed by atoms with E-state index in [4.69, 9.17) is 9.47 Å². The van der Waals surface area contributed by atoms with Gasteiger partial charge in [-0.3, -0.25) is 9.48 Å². The van der Waals surface area contributed by atoms with Gasteiger partial charge in [0.25, 0.3) is 0 Å². The molecule has 0 bridgehead atoms. The number of benzene rings is 3. The van der Waals surface area contributed by atoms with Crippen molar-refractivity contribution in [3.8, 4) is 22.6 Å². The van der Waals surface area contributed by atoms with Crippen molar-refractivity contribution >= 4 is 5.97 Å². The van der Waals surface area contributed by atoms with E-state index in [1.165, 1.54) is 25.3 Å². The zero-order chi connectivity index (χ0) is 32.7. The Kier molecular flexibility index (Phi) is 10.8. The Hall–Kier alpha value is -4.20. The molecule has 244 valence electrons. The number of halogens is 1. The molecule has 0 unspecified atom stereocenters. The van der Waals surface area contributed by atoms with E-state index in [2.05, 4.69) is 37.1 Å². The van der Waals surface area contributed by atoms with Crippen molar-refractivity contribution in [1.29, 1.82) is 0 Å². The normalized spacial score (nSPS) is 13.8. The van der Waals surface area contributed by atoms with Gasteiger partial charge in [-0.1, -0.05) is 75.6 Å². The predicted octanol–water partition coefficient (Wildman–Crippen LogP) is 8.74. The Labute approximate surface area is 271 Å². The van der Waals surface area contributed by atoms with E-state index in [-0.39, 0.29) is 18.2 Å². The van der Waals surface area contributed by atoms with Crippen LogP contribution in [0.2, 0.25) is 0 Å². The SMILES string of the molecule is CCCCCCc1cn(CC(C)(C)c2cc(COc3cccc([C@@H](CC(=O)O)C4CC4)c3)ccc2-c2cc(OC)ccc2F)nn1. The van der Waals surface area contributed by atoms with Gasteiger partial charge in [-0.2, -0.15) is 0 Å². The molecule has 1 fully saturated rings. The second kappa shape index (κ2) is 14.9. The van der Waals surface area contributed by atoms with Crippen LogP contribution in [-0.2, 0) is 29.8 Å². The second-order valence-electron chi connectivity index (χ2n) is 13.2. The number of hydrogen-bond acceptors (Lipinski definition) is 5. The van der Waals surface area contributed by atoms with Crippen molar-refractivity contribution in [1.82, 2.24) is 15.0 Å². The van der Waals surface area contributed by atoms with Gasteiger partial charge in [0.1, 0.15) is 23.9 Å². The third-order valence-electron chi connectivity index (χ3n) is 8.98. The number of carboxylic acids is 1. The summed E-state index contributed by atoms with van der Waals surface area (Å²) in [6.45, 7) is 7.36. The fourth-order valence-corrected chi connectivity index (χ4v) is 6.31. The predicted molar refractivity (Wildman–Crippen MR) is 178 cm³/mol. The first-order valence-electron chi connectivity index (χ1n) is 16.5. The summed E-state index contributed by atoms with van der Waals surface area (Å²) in [5, 5.41) is 18.3. The minimum Gasteiger partial charge on any atom is -0.497 e. The highest BCUT2D eigenvalue weighted by molar-refractivity contribution is 5.71. The molecule has 0 radical (unpaired) electrons. The quantitative estimate of drug-likeness (QED) is 0.118. The lowest BCUT2D eigenvalue weighted by atomic mass is 9.79. The number of carbonyl (C=O) groups is 1. The van der Waals surface area contributed by atoms with E-state index >= 15 is 4.39 Å². The Morgan fingerprint density at radius 1 is 1.04 bits per heavy atom. The minimum absolute atomic E-state index is 0.000798. The zero-order valence-electron chi connectivity index (χ0n) is 27.5. The summed E-state index contributed by atoms with van der Waals surface area (Å²) >= 11 is 0. The molecule has 3 aromatic carbocycles. The van der Waals surface area contributed by atoms with E-state index < -0.39 is 11.4 Å². The van der Waals surface area contributed by atoms with E-state index in [0.717, 1.165) is 53.6 Å². The monoisotopic (exact) mass is 627 g/mol. The summed E-state index contributed by atoms with van der Waals surface area (Å²) in [6.07, 6.45) is 9.90. The average molecular weight is 628 g/mol. The number of rotatable bonds is 17. The molecular formula is C38H46FN3O4. The first kappa shape index (κ1) is 33.2. The molecule has 1 aromatic heterocycles. The van der Waals surface area contributed by atoms with Crippen molar-refractivity contribution in [3.05, 3.63) is 95.1 Å². The standard InChI is InChI=1S/C38H46FN3O4/c1-5-6-7-8-11-29-23-42(41-40-29)25-38(2,3)35-19-26(13-17-32(35)34-21-30(45-4)16-18-36(34)39)24-46-31-12-9-10-28(20-31)33(22-37(43)44)27-14-15-27/h9-10,12-13,16-21,23,27,33H,5-8,11,14-15,22,24-25H2,1-4H3,(H,43,44)/t33-/m0/s1. The van der Waals surface area contributed by atoms with Crippen LogP contribution in [-0.4, -0.2) is 33.2 Å². The van der Waals surface area contributed by atoms with Crippen LogP contribution in [0.15, 0.2) is 66.9 Å². The lowest BCUT2D eigenvalue weighted by Crippen LogP contribution is -2.26. The van der Waals surface area contributed by atoms with Crippen LogP contribution in [0.4, 0.5) is 4.39 Å². The van der Waals surface area contributed by atoms with Crippen LogP contribution in [0, 0.1) is 11.7 Å². The van der Waals surface area contributed by atoms with Crippen LogP contribution in [0.25, 0.3) is 11.1 Å². The second-order valence-corrected chi connectivity index (χ2v) is 13.2. The summed E-state index contributed by atoms with van der Waals surface area (Å²) in [7, 11) is 1.58. The van der Waals surface area contributed by atoms with Crippen molar-refractivity contribution in [2.75, 3.05) is 7.11 Å². The molecule has 46 heavy (non-hydrogen) atoms. The number of carboxylic acid groups (broad SMARTS) is 1. The van der Waals surface area contributed by atoms with E-state index in [9.17, 15) is 9.90 Å². The molecule has 0 amide bonds. The topological polar surface area (TPSA) is 86.5 Å². The van der Waals surface area contributed by atoms with Gasteiger partial charge in [0.15, 0.2) is 0 Å². The van der Waals surface area contributed by atoms with E-state index in [1.807, 2.05) is 47.3 Å².